The third-order valence-corrected chi connectivity index (χ3v) is 15.6. The van der Waals surface area contributed by atoms with Crippen LogP contribution in [0.1, 0.15) is 38.9 Å². The van der Waals surface area contributed by atoms with Crippen LogP contribution in [-0.4, -0.2) is 0 Å². The second-order valence-electron chi connectivity index (χ2n) is 18.9. The van der Waals surface area contributed by atoms with Crippen molar-refractivity contribution in [2.45, 2.75) is 5.41 Å². The van der Waals surface area contributed by atoms with Gasteiger partial charge in [-0.15, -0.1) is 0 Å². The van der Waals surface area contributed by atoms with Gasteiger partial charge in [0.25, 0.3) is 0 Å². The minimum Gasteiger partial charge on any atom is -0.0767 e. The first-order valence-electron chi connectivity index (χ1n) is 24.1. The minimum absolute atomic E-state index is 0.204. The highest BCUT2D eigenvalue weighted by Gasteiger charge is 2.46. The van der Waals surface area contributed by atoms with E-state index in [9.17, 15) is 0 Å². The van der Waals surface area contributed by atoms with Crippen molar-refractivity contribution in [1.29, 1.82) is 0 Å². The van der Waals surface area contributed by atoms with Gasteiger partial charge in [-0.25, -0.2) is 0 Å². The topological polar surface area (TPSA) is 0 Å². The molecule has 0 bridgehead atoms. The van der Waals surface area contributed by atoms with Gasteiger partial charge in [0.1, 0.15) is 0 Å². The van der Waals surface area contributed by atoms with Gasteiger partial charge in [-0.2, -0.15) is 0 Å². The third kappa shape index (κ3) is 6.35. The Balaban J connectivity index is 0.865. The summed E-state index contributed by atoms with van der Waals surface area (Å²) in [5, 5.41) is 2.63. The third-order valence-electron chi connectivity index (χ3n) is 15.6. The molecule has 7 aliphatic rings. The quantitative estimate of drug-likeness (QED) is 0.150. The lowest BCUT2D eigenvalue weighted by Crippen LogP contribution is -2.40. The van der Waals surface area contributed by atoms with Crippen LogP contribution in [0.15, 0.2) is 278 Å². The maximum atomic E-state index is 2.43. The summed E-state index contributed by atoms with van der Waals surface area (Å²) < 4.78 is 0. The van der Waals surface area contributed by atoms with Gasteiger partial charge in [0.15, 0.2) is 0 Å². The molecule has 0 saturated carbocycles. The molecule has 0 fully saturated rings. The van der Waals surface area contributed by atoms with Gasteiger partial charge in [0.2, 0.25) is 0 Å². The number of hydrogen-bond acceptors (Lipinski definition) is 0. The molecule has 0 saturated heterocycles. The summed E-state index contributed by atoms with van der Waals surface area (Å²) in [7, 11) is 0. The first-order chi connectivity index (χ1) is 33.3. The van der Waals surface area contributed by atoms with E-state index in [2.05, 4.69) is 267 Å². The molecule has 6 aromatic rings. The van der Waals surface area contributed by atoms with Crippen molar-refractivity contribution in [3.63, 3.8) is 0 Å². The molecule has 67 heavy (non-hydrogen) atoms. The van der Waals surface area contributed by atoms with Gasteiger partial charge in [-0.05, 0) is 88.4 Å². The van der Waals surface area contributed by atoms with Crippen LogP contribution in [0.5, 0.6) is 0 Å². The molecular formula is C67H50. The average molecular weight is 855 g/mol. The molecule has 0 radical (unpaired) electrons. The monoisotopic (exact) mass is 854 g/mol. The lowest BCUT2D eigenvalue weighted by molar-refractivity contribution is 0.564. The van der Waals surface area contributed by atoms with Crippen LogP contribution >= 0.6 is 0 Å². The molecule has 6 aromatic carbocycles. The molecule has 318 valence electrons. The van der Waals surface area contributed by atoms with E-state index < -0.39 is 5.41 Å². The van der Waals surface area contributed by atoms with Crippen LogP contribution < -0.4 is 10.4 Å². The summed E-state index contributed by atoms with van der Waals surface area (Å²) >= 11 is 0. The smallest absolute Gasteiger partial charge is 0.0713 e. The Bertz CT molecular complexity index is 3410. The van der Waals surface area contributed by atoms with E-state index in [1.807, 2.05) is 0 Å². The fourth-order valence-corrected chi connectivity index (χ4v) is 12.6. The zero-order valence-electron chi connectivity index (χ0n) is 37.4. The normalized spacial score (nSPS) is 24.3. The molecule has 0 heterocycles. The van der Waals surface area contributed by atoms with E-state index in [0.29, 0.717) is 23.7 Å². The largest absolute Gasteiger partial charge is 0.0767 e. The van der Waals surface area contributed by atoms with Crippen molar-refractivity contribution < 1.29 is 0 Å². The molecule has 6 atom stereocenters. The SMILES string of the molecule is C1=CC2C=CC=C(C3=CC=C(C=Cc4ccc(C5=c6ccccc6=C(c6ccc(C7(c8ccccc8)c8ccccc8-c8ccccc87)cc6)C6C=CC=CC56)cc4)C4C=CC=CC34)C2C=C1. The van der Waals surface area contributed by atoms with Crippen molar-refractivity contribution >= 4 is 17.2 Å². The molecule has 0 amide bonds. The van der Waals surface area contributed by atoms with Crippen molar-refractivity contribution in [3.8, 4) is 11.1 Å². The molecular weight excluding hydrogens is 805 g/mol. The number of hydrogen-bond donors (Lipinski definition) is 0. The predicted molar refractivity (Wildman–Crippen MR) is 279 cm³/mol. The average Bonchev–Trinajstić information content (AvgIpc) is 3.71. The Morgan fingerprint density at radius 2 is 0.836 bits per heavy atom. The van der Waals surface area contributed by atoms with Gasteiger partial charge in [0.05, 0.1) is 5.41 Å². The Morgan fingerprint density at radius 1 is 0.343 bits per heavy atom. The Hall–Kier alpha value is -7.80. The molecule has 0 spiro atoms. The van der Waals surface area contributed by atoms with Crippen LogP contribution in [0.3, 0.4) is 0 Å². The van der Waals surface area contributed by atoms with E-state index in [-0.39, 0.29) is 11.8 Å². The maximum Gasteiger partial charge on any atom is 0.0713 e. The van der Waals surface area contributed by atoms with Crippen molar-refractivity contribution in [2.75, 3.05) is 0 Å². The molecule has 0 N–H and O–H groups in total. The van der Waals surface area contributed by atoms with Gasteiger partial charge in [0, 0.05) is 35.5 Å². The van der Waals surface area contributed by atoms with Gasteiger partial charge in [-0.1, -0.05) is 267 Å². The van der Waals surface area contributed by atoms with Gasteiger partial charge < -0.3 is 0 Å². The Labute approximate surface area is 394 Å². The molecule has 0 heteroatoms. The summed E-state index contributed by atoms with van der Waals surface area (Å²) in [5.74, 6) is 1.89. The van der Waals surface area contributed by atoms with Crippen molar-refractivity contribution in [2.24, 2.45) is 35.5 Å². The number of fused-ring (bicyclic) bond motifs is 7. The molecule has 0 nitrogen and oxygen atoms in total. The van der Waals surface area contributed by atoms with Crippen molar-refractivity contribution in [1.82, 2.24) is 0 Å². The highest BCUT2D eigenvalue weighted by atomic mass is 14.5. The van der Waals surface area contributed by atoms with Crippen LogP contribution in [-0.2, 0) is 5.41 Å². The van der Waals surface area contributed by atoms with E-state index in [1.165, 1.54) is 88.4 Å². The molecule has 13 rings (SSSR count). The second kappa shape index (κ2) is 16.3. The molecule has 7 aliphatic carbocycles. The highest BCUT2D eigenvalue weighted by Crippen LogP contribution is 2.56. The summed E-state index contributed by atoms with van der Waals surface area (Å²) in [5.41, 5.74) is 18.3. The zero-order chi connectivity index (χ0) is 44.3. The first kappa shape index (κ1) is 39.6. The van der Waals surface area contributed by atoms with Crippen LogP contribution in [0.25, 0.3) is 28.3 Å². The minimum atomic E-state index is -0.416. The van der Waals surface area contributed by atoms with Crippen LogP contribution in [0, 0.1) is 35.5 Å². The zero-order valence-corrected chi connectivity index (χ0v) is 37.4. The van der Waals surface area contributed by atoms with Gasteiger partial charge >= 0.3 is 0 Å². The summed E-state index contributed by atoms with van der Waals surface area (Å²) in [6.45, 7) is 0. The number of rotatable bonds is 7. The fraction of sp³-hybridized carbons (Fsp3) is 0.104. The first-order valence-corrected chi connectivity index (χ1v) is 24.1. The highest BCUT2D eigenvalue weighted by molar-refractivity contribution is 5.87. The standard InChI is InChI=1S/C67H50/c1-2-19-50(20-3-1)67(63-31-14-12-24-57(63)58-25-13-15-32-64(58)67)51-42-39-49(40-43-51)66-61-28-10-8-26-59(61)65(60-27-9-11-29-62(60)66)48-37-34-45(35-38-48)33-36-47-41-44-56(54-23-7-6-22-53(47)54)55-30-16-18-46-17-4-5-21-52(46)55/h1-44,46,52-54,59,61H. The van der Waals surface area contributed by atoms with Crippen LogP contribution in [0.4, 0.5) is 0 Å². The maximum absolute atomic E-state index is 2.43. The van der Waals surface area contributed by atoms with E-state index in [1.54, 1.807) is 0 Å². The lowest BCUT2D eigenvalue weighted by atomic mass is 9.67. The molecule has 0 aromatic heterocycles. The predicted octanol–water partition coefficient (Wildman–Crippen LogP) is 13.9. The lowest BCUT2D eigenvalue weighted by Gasteiger charge is -2.36. The van der Waals surface area contributed by atoms with E-state index in [0.717, 1.165) is 0 Å². The summed E-state index contributed by atoms with van der Waals surface area (Å²) in [6, 6.07) is 57.1. The summed E-state index contributed by atoms with van der Waals surface area (Å²) in [4.78, 5) is 0. The van der Waals surface area contributed by atoms with Crippen LogP contribution in [0.2, 0.25) is 0 Å². The van der Waals surface area contributed by atoms with E-state index >= 15 is 0 Å². The second-order valence-corrected chi connectivity index (χ2v) is 18.9. The molecule has 6 unspecified atom stereocenters. The Morgan fingerprint density at radius 3 is 1.49 bits per heavy atom. The molecule has 0 aliphatic heterocycles. The summed E-state index contributed by atoms with van der Waals surface area (Å²) in [6.07, 6.45) is 44.0. The number of allylic oxidation sites excluding steroid dienone is 21. The fourth-order valence-electron chi connectivity index (χ4n) is 12.6. The number of benzene rings is 6. The van der Waals surface area contributed by atoms with Gasteiger partial charge in [-0.3, -0.25) is 0 Å². The van der Waals surface area contributed by atoms with Crippen molar-refractivity contribution in [3.05, 3.63) is 327 Å². The Kier molecular flexibility index (Phi) is 9.60. The van der Waals surface area contributed by atoms with E-state index in [4.69, 9.17) is 0 Å².